The Bertz CT molecular complexity index is 1130. The van der Waals surface area contributed by atoms with Gasteiger partial charge in [0.2, 0.25) is 0 Å². The molecule has 4 rings (SSSR count). The van der Waals surface area contributed by atoms with Crippen LogP contribution in [0.1, 0.15) is 11.4 Å². The van der Waals surface area contributed by atoms with E-state index in [9.17, 15) is 0 Å². The predicted octanol–water partition coefficient (Wildman–Crippen LogP) is 3.97. The average Bonchev–Trinajstić information content (AvgIpc) is 3.09. The first-order valence-corrected chi connectivity index (χ1v) is 8.46. The summed E-state index contributed by atoms with van der Waals surface area (Å²) in [5, 5.41) is 25.4. The third-order valence-corrected chi connectivity index (χ3v) is 4.01. The van der Waals surface area contributed by atoms with Crippen LogP contribution in [-0.2, 0) is 6.61 Å². The van der Waals surface area contributed by atoms with Crippen molar-refractivity contribution in [2.24, 2.45) is 0 Å². The third kappa shape index (κ3) is 3.81. The van der Waals surface area contributed by atoms with Gasteiger partial charge in [-0.1, -0.05) is 17.7 Å². The molecule has 0 amide bonds. The van der Waals surface area contributed by atoms with Gasteiger partial charge in [-0.2, -0.15) is 9.78 Å². The van der Waals surface area contributed by atoms with Gasteiger partial charge in [0.15, 0.2) is 17.3 Å². The zero-order valence-corrected chi connectivity index (χ0v) is 14.8. The molecule has 0 aliphatic carbocycles. The number of ether oxygens (including phenoxy) is 1. The first-order chi connectivity index (χ1) is 13.2. The predicted molar refractivity (Wildman–Crippen MR) is 101 cm³/mol. The fourth-order valence-electron chi connectivity index (χ4n) is 2.48. The average molecular weight is 377 g/mol. The number of anilines is 2. The lowest BCUT2D eigenvalue weighted by Gasteiger charge is -2.07. The van der Waals surface area contributed by atoms with Crippen LogP contribution in [0, 0.1) is 11.3 Å². The van der Waals surface area contributed by atoms with Gasteiger partial charge in [-0.05, 0) is 54.6 Å². The number of nitriles is 1. The van der Waals surface area contributed by atoms with E-state index in [1.165, 1.54) is 0 Å². The summed E-state index contributed by atoms with van der Waals surface area (Å²) < 4.78 is 7.34. The maximum Gasteiger partial charge on any atom is 0.192 e. The van der Waals surface area contributed by atoms with Crippen LogP contribution in [0.3, 0.4) is 0 Å². The highest BCUT2D eigenvalue weighted by Crippen LogP contribution is 2.19. The van der Waals surface area contributed by atoms with E-state index in [1.54, 1.807) is 28.8 Å². The number of rotatable bonds is 5. The van der Waals surface area contributed by atoms with Gasteiger partial charge in [0.1, 0.15) is 12.4 Å². The van der Waals surface area contributed by atoms with E-state index in [4.69, 9.17) is 21.6 Å². The molecule has 4 aromatic rings. The van der Waals surface area contributed by atoms with Gasteiger partial charge < -0.3 is 10.1 Å². The van der Waals surface area contributed by atoms with Crippen molar-refractivity contribution < 1.29 is 4.74 Å². The highest BCUT2D eigenvalue weighted by molar-refractivity contribution is 6.30. The molecule has 7 nitrogen and oxygen atoms in total. The Morgan fingerprint density at radius 2 is 1.93 bits per heavy atom. The molecule has 2 aromatic carbocycles. The molecule has 132 valence electrons. The van der Waals surface area contributed by atoms with Crippen molar-refractivity contribution in [1.82, 2.24) is 19.8 Å². The van der Waals surface area contributed by atoms with E-state index in [-0.39, 0.29) is 6.61 Å². The van der Waals surface area contributed by atoms with Crippen molar-refractivity contribution in [3.8, 4) is 11.8 Å². The monoisotopic (exact) mass is 376 g/mol. The van der Waals surface area contributed by atoms with Gasteiger partial charge in [-0.3, -0.25) is 0 Å². The smallest absolute Gasteiger partial charge is 0.192 e. The summed E-state index contributed by atoms with van der Waals surface area (Å²) in [7, 11) is 0. The Balaban J connectivity index is 1.53. The van der Waals surface area contributed by atoms with Crippen LogP contribution >= 0.6 is 11.6 Å². The van der Waals surface area contributed by atoms with Crippen LogP contribution < -0.4 is 10.1 Å². The second kappa shape index (κ2) is 7.32. The zero-order valence-electron chi connectivity index (χ0n) is 14.0. The topological polar surface area (TPSA) is 88.1 Å². The SMILES string of the molecule is N#Cc1ccc(OCc2nnc3ccc(Nc4cccc(Cl)c4)nn23)cc1. The lowest BCUT2D eigenvalue weighted by molar-refractivity contribution is 0.292. The quantitative estimate of drug-likeness (QED) is 0.567. The van der Waals surface area contributed by atoms with Crippen molar-refractivity contribution in [1.29, 1.82) is 5.26 Å². The van der Waals surface area contributed by atoms with Crippen molar-refractivity contribution in [2.45, 2.75) is 6.61 Å². The minimum absolute atomic E-state index is 0.195. The van der Waals surface area contributed by atoms with Crippen LogP contribution in [0.5, 0.6) is 5.75 Å². The second-order valence-electron chi connectivity index (χ2n) is 5.67. The van der Waals surface area contributed by atoms with E-state index in [0.717, 1.165) is 5.69 Å². The number of hydrogen-bond acceptors (Lipinski definition) is 6. The fourth-order valence-corrected chi connectivity index (χ4v) is 2.67. The number of aromatic nitrogens is 4. The number of nitrogens with one attached hydrogen (secondary N) is 1. The standard InChI is InChI=1S/C19H13ClN6O/c20-14-2-1-3-15(10-14)22-17-8-9-18-23-24-19(26(18)25-17)12-27-16-6-4-13(11-21)5-7-16/h1-10H,12H2,(H,22,25). The molecular weight excluding hydrogens is 364 g/mol. The van der Waals surface area contributed by atoms with Crippen molar-refractivity contribution in [3.63, 3.8) is 0 Å². The van der Waals surface area contributed by atoms with Crippen LogP contribution in [-0.4, -0.2) is 19.8 Å². The van der Waals surface area contributed by atoms with Gasteiger partial charge in [-0.25, -0.2) is 0 Å². The van der Waals surface area contributed by atoms with Crippen molar-refractivity contribution in [3.05, 3.63) is 77.1 Å². The normalized spacial score (nSPS) is 10.5. The lowest BCUT2D eigenvalue weighted by Crippen LogP contribution is -2.05. The number of benzene rings is 2. The molecule has 0 radical (unpaired) electrons. The van der Waals surface area contributed by atoms with Gasteiger partial charge >= 0.3 is 0 Å². The molecular formula is C19H13ClN6O. The molecule has 27 heavy (non-hydrogen) atoms. The molecule has 0 saturated heterocycles. The Morgan fingerprint density at radius 3 is 2.70 bits per heavy atom. The van der Waals surface area contributed by atoms with E-state index in [1.807, 2.05) is 36.4 Å². The summed E-state index contributed by atoms with van der Waals surface area (Å²) in [6, 6.07) is 20.0. The van der Waals surface area contributed by atoms with Crippen LogP contribution in [0.25, 0.3) is 5.65 Å². The van der Waals surface area contributed by atoms with Crippen LogP contribution in [0.4, 0.5) is 11.5 Å². The van der Waals surface area contributed by atoms with E-state index in [2.05, 4.69) is 26.7 Å². The molecule has 0 fully saturated rings. The number of hydrogen-bond donors (Lipinski definition) is 1. The molecule has 0 atom stereocenters. The number of halogens is 1. The van der Waals surface area contributed by atoms with Gasteiger partial charge in [0, 0.05) is 10.7 Å². The maximum absolute atomic E-state index is 8.84. The Morgan fingerprint density at radius 1 is 1.07 bits per heavy atom. The van der Waals surface area contributed by atoms with E-state index >= 15 is 0 Å². The maximum atomic E-state index is 8.84. The minimum atomic E-state index is 0.195. The number of fused-ring (bicyclic) bond motifs is 1. The largest absolute Gasteiger partial charge is 0.486 e. The van der Waals surface area contributed by atoms with Crippen LogP contribution in [0.2, 0.25) is 5.02 Å². The molecule has 2 aromatic heterocycles. The first kappa shape index (κ1) is 16.8. The summed E-state index contributed by atoms with van der Waals surface area (Å²) in [5.41, 5.74) is 2.02. The van der Waals surface area contributed by atoms with Crippen molar-refractivity contribution in [2.75, 3.05) is 5.32 Å². The second-order valence-corrected chi connectivity index (χ2v) is 6.10. The fraction of sp³-hybridized carbons (Fsp3) is 0.0526. The van der Waals surface area contributed by atoms with Crippen molar-refractivity contribution >= 4 is 28.8 Å². The highest BCUT2D eigenvalue weighted by Gasteiger charge is 2.09. The molecule has 8 heteroatoms. The van der Waals surface area contributed by atoms with E-state index < -0.39 is 0 Å². The Kier molecular flexibility index (Phi) is 4.56. The summed E-state index contributed by atoms with van der Waals surface area (Å²) in [5.74, 6) is 1.83. The summed E-state index contributed by atoms with van der Waals surface area (Å²) in [4.78, 5) is 0. The van der Waals surface area contributed by atoms with Gasteiger partial charge in [0.25, 0.3) is 0 Å². The molecule has 0 aliphatic rings. The van der Waals surface area contributed by atoms with Gasteiger partial charge in [-0.15, -0.1) is 15.3 Å². The molecule has 1 N–H and O–H groups in total. The molecule has 0 aliphatic heterocycles. The molecule has 0 bridgehead atoms. The minimum Gasteiger partial charge on any atom is -0.486 e. The lowest BCUT2D eigenvalue weighted by atomic mass is 10.2. The number of nitrogens with zero attached hydrogens (tertiary/aromatic N) is 5. The third-order valence-electron chi connectivity index (χ3n) is 3.78. The Labute approximate surface area is 159 Å². The van der Waals surface area contributed by atoms with Gasteiger partial charge in [0.05, 0.1) is 11.6 Å². The summed E-state index contributed by atoms with van der Waals surface area (Å²) in [6.45, 7) is 0.195. The molecule has 0 spiro atoms. The van der Waals surface area contributed by atoms with E-state index in [0.29, 0.717) is 33.6 Å². The molecule has 0 saturated carbocycles. The molecule has 0 unspecified atom stereocenters. The summed E-state index contributed by atoms with van der Waals surface area (Å²) in [6.07, 6.45) is 0. The highest BCUT2D eigenvalue weighted by atomic mass is 35.5. The first-order valence-electron chi connectivity index (χ1n) is 8.08. The Hall–Kier alpha value is -3.63. The van der Waals surface area contributed by atoms with Crippen LogP contribution in [0.15, 0.2) is 60.7 Å². The zero-order chi connectivity index (χ0) is 18.6. The molecule has 2 heterocycles. The summed E-state index contributed by atoms with van der Waals surface area (Å²) >= 11 is 6.01.